The van der Waals surface area contributed by atoms with E-state index in [1.807, 2.05) is 30.3 Å². The number of aryl methyl sites for hydroxylation is 1. The van der Waals surface area contributed by atoms with E-state index in [-0.39, 0.29) is 18.2 Å². The highest BCUT2D eigenvalue weighted by Crippen LogP contribution is 2.23. The van der Waals surface area contributed by atoms with E-state index >= 15 is 0 Å². The lowest BCUT2D eigenvalue weighted by atomic mass is 10.1. The largest absolute Gasteiger partial charge is 0.441 e. The third-order valence-electron chi connectivity index (χ3n) is 4.13. The molecule has 2 aromatic carbocycles. The number of carbonyl (C=O) groups is 2. The molecule has 2 amide bonds. The molecule has 28 heavy (non-hydrogen) atoms. The van der Waals surface area contributed by atoms with Gasteiger partial charge in [0, 0.05) is 25.3 Å². The van der Waals surface area contributed by atoms with Crippen LogP contribution in [0.5, 0.6) is 0 Å². The molecule has 0 saturated heterocycles. The van der Waals surface area contributed by atoms with Crippen LogP contribution in [0.25, 0.3) is 11.5 Å². The maximum Gasteiger partial charge on any atom is 0.254 e. The first-order chi connectivity index (χ1) is 13.3. The van der Waals surface area contributed by atoms with Gasteiger partial charge in [0.1, 0.15) is 5.76 Å². The van der Waals surface area contributed by atoms with Gasteiger partial charge in [0.15, 0.2) is 0 Å². The monoisotopic (exact) mass is 397 g/mol. The Bertz CT molecular complexity index is 1010. The summed E-state index contributed by atoms with van der Waals surface area (Å²) in [5.74, 6) is 0.572. The van der Waals surface area contributed by atoms with Crippen LogP contribution in [-0.4, -0.2) is 35.8 Å². The topological polar surface area (TPSA) is 75.4 Å². The van der Waals surface area contributed by atoms with Gasteiger partial charge in [-0.05, 0) is 37.3 Å². The number of benzene rings is 2. The van der Waals surface area contributed by atoms with Gasteiger partial charge in [0.25, 0.3) is 5.91 Å². The zero-order valence-electron chi connectivity index (χ0n) is 15.8. The Balaban J connectivity index is 1.74. The van der Waals surface area contributed by atoms with E-state index in [0.717, 1.165) is 5.56 Å². The highest BCUT2D eigenvalue weighted by Gasteiger charge is 2.17. The van der Waals surface area contributed by atoms with Crippen LogP contribution < -0.4 is 5.32 Å². The van der Waals surface area contributed by atoms with Crippen LogP contribution in [0, 0.1) is 6.92 Å². The minimum absolute atomic E-state index is 0.0573. The first-order valence-electron chi connectivity index (χ1n) is 8.68. The lowest BCUT2D eigenvalue weighted by Crippen LogP contribution is -2.22. The second kappa shape index (κ2) is 8.27. The van der Waals surface area contributed by atoms with E-state index in [4.69, 9.17) is 16.0 Å². The van der Waals surface area contributed by atoms with Crippen molar-refractivity contribution in [2.24, 2.45) is 0 Å². The average molecular weight is 398 g/mol. The van der Waals surface area contributed by atoms with Crippen molar-refractivity contribution in [1.82, 2.24) is 9.88 Å². The first kappa shape index (κ1) is 19.6. The van der Waals surface area contributed by atoms with Crippen molar-refractivity contribution in [3.8, 4) is 11.5 Å². The standard InChI is InChI=1S/C21H20ClN3O3/c1-13-18(24-20(28-13)14-7-5-4-6-8-14)12-19(26)23-15-9-10-17(22)16(11-15)21(27)25(2)3/h4-11H,12H2,1-3H3,(H,23,26). The molecule has 0 radical (unpaired) electrons. The van der Waals surface area contributed by atoms with Crippen LogP contribution in [0.2, 0.25) is 5.02 Å². The van der Waals surface area contributed by atoms with E-state index in [0.29, 0.717) is 33.6 Å². The Morgan fingerprint density at radius 2 is 1.86 bits per heavy atom. The molecule has 0 aliphatic carbocycles. The molecule has 0 unspecified atom stereocenters. The maximum atomic E-state index is 12.5. The number of carbonyl (C=O) groups excluding carboxylic acids is 2. The molecule has 7 heteroatoms. The second-order valence-corrected chi connectivity index (χ2v) is 6.91. The number of nitrogens with one attached hydrogen (secondary N) is 1. The van der Waals surface area contributed by atoms with Crippen molar-refractivity contribution in [1.29, 1.82) is 0 Å². The van der Waals surface area contributed by atoms with Gasteiger partial charge in [-0.1, -0.05) is 29.8 Å². The van der Waals surface area contributed by atoms with Gasteiger partial charge >= 0.3 is 0 Å². The molecule has 0 bridgehead atoms. The third-order valence-corrected chi connectivity index (χ3v) is 4.46. The summed E-state index contributed by atoms with van der Waals surface area (Å²) >= 11 is 6.10. The number of amides is 2. The molecule has 1 aromatic heterocycles. The zero-order chi connectivity index (χ0) is 20.3. The van der Waals surface area contributed by atoms with Crippen LogP contribution in [0.1, 0.15) is 21.8 Å². The lowest BCUT2D eigenvalue weighted by molar-refractivity contribution is -0.115. The number of anilines is 1. The molecule has 144 valence electrons. The number of hydrogen-bond acceptors (Lipinski definition) is 4. The van der Waals surface area contributed by atoms with E-state index in [9.17, 15) is 9.59 Å². The summed E-state index contributed by atoms with van der Waals surface area (Å²) in [7, 11) is 3.28. The molecular formula is C21H20ClN3O3. The number of aromatic nitrogens is 1. The van der Waals surface area contributed by atoms with Gasteiger partial charge in [-0.3, -0.25) is 9.59 Å². The Hall–Kier alpha value is -3.12. The van der Waals surface area contributed by atoms with Crippen LogP contribution >= 0.6 is 11.6 Å². The summed E-state index contributed by atoms with van der Waals surface area (Å²) in [4.78, 5) is 30.5. The summed E-state index contributed by atoms with van der Waals surface area (Å²) < 4.78 is 5.69. The van der Waals surface area contributed by atoms with Crippen LogP contribution in [0.15, 0.2) is 52.9 Å². The fraction of sp³-hybridized carbons (Fsp3) is 0.190. The number of nitrogens with zero attached hydrogens (tertiary/aromatic N) is 2. The van der Waals surface area contributed by atoms with E-state index in [2.05, 4.69) is 10.3 Å². The Morgan fingerprint density at radius 3 is 2.54 bits per heavy atom. The smallest absolute Gasteiger partial charge is 0.254 e. The molecule has 0 atom stereocenters. The summed E-state index contributed by atoms with van der Waals surface area (Å²) in [5.41, 5.74) is 2.23. The molecule has 6 nitrogen and oxygen atoms in total. The number of hydrogen-bond donors (Lipinski definition) is 1. The summed E-state index contributed by atoms with van der Waals surface area (Å²) in [6, 6.07) is 14.3. The average Bonchev–Trinajstić information content (AvgIpc) is 3.03. The van der Waals surface area contributed by atoms with Gasteiger partial charge in [-0.15, -0.1) is 0 Å². The Morgan fingerprint density at radius 1 is 1.14 bits per heavy atom. The van der Waals surface area contributed by atoms with Crippen molar-refractivity contribution in [2.45, 2.75) is 13.3 Å². The van der Waals surface area contributed by atoms with Crippen molar-refractivity contribution >= 4 is 29.1 Å². The Kier molecular flexibility index (Phi) is 5.80. The molecular weight excluding hydrogens is 378 g/mol. The summed E-state index contributed by atoms with van der Waals surface area (Å²) in [6.45, 7) is 1.78. The fourth-order valence-corrected chi connectivity index (χ4v) is 2.86. The maximum absolute atomic E-state index is 12.5. The molecule has 1 N–H and O–H groups in total. The highest BCUT2D eigenvalue weighted by atomic mass is 35.5. The molecule has 0 fully saturated rings. The molecule has 0 saturated carbocycles. The lowest BCUT2D eigenvalue weighted by Gasteiger charge is -2.13. The van der Waals surface area contributed by atoms with Crippen LogP contribution in [0.4, 0.5) is 5.69 Å². The molecule has 0 aliphatic heterocycles. The molecule has 0 aliphatic rings. The number of halogens is 1. The molecule has 1 heterocycles. The van der Waals surface area contributed by atoms with E-state index in [1.165, 1.54) is 4.90 Å². The molecule has 3 aromatic rings. The SMILES string of the molecule is Cc1oc(-c2ccccc2)nc1CC(=O)Nc1ccc(Cl)c(C(=O)N(C)C)c1. The van der Waals surface area contributed by atoms with Crippen molar-refractivity contribution in [3.63, 3.8) is 0 Å². The van der Waals surface area contributed by atoms with Gasteiger partial charge in [-0.25, -0.2) is 4.98 Å². The quantitative estimate of drug-likeness (QED) is 0.700. The van der Waals surface area contributed by atoms with Crippen molar-refractivity contribution in [2.75, 3.05) is 19.4 Å². The Labute approximate surface area is 168 Å². The van der Waals surface area contributed by atoms with Gasteiger partial charge in [0.2, 0.25) is 11.8 Å². The highest BCUT2D eigenvalue weighted by molar-refractivity contribution is 6.34. The number of rotatable bonds is 5. The normalized spacial score (nSPS) is 10.6. The fourth-order valence-electron chi connectivity index (χ4n) is 2.66. The minimum atomic E-state index is -0.262. The van der Waals surface area contributed by atoms with Gasteiger partial charge in [-0.2, -0.15) is 0 Å². The molecule has 3 rings (SSSR count). The summed E-state index contributed by atoms with van der Waals surface area (Å²) in [5, 5.41) is 3.11. The zero-order valence-corrected chi connectivity index (χ0v) is 16.6. The molecule has 0 spiro atoms. The van der Waals surface area contributed by atoms with E-state index in [1.54, 1.807) is 39.2 Å². The minimum Gasteiger partial charge on any atom is -0.441 e. The van der Waals surface area contributed by atoms with Crippen molar-refractivity contribution < 1.29 is 14.0 Å². The summed E-state index contributed by atoms with van der Waals surface area (Å²) in [6.07, 6.45) is 0.0573. The predicted octanol–water partition coefficient (Wildman–Crippen LogP) is 4.19. The van der Waals surface area contributed by atoms with Crippen LogP contribution in [-0.2, 0) is 11.2 Å². The third kappa shape index (κ3) is 4.40. The second-order valence-electron chi connectivity index (χ2n) is 6.51. The van der Waals surface area contributed by atoms with Gasteiger partial charge in [0.05, 0.1) is 22.7 Å². The van der Waals surface area contributed by atoms with Gasteiger partial charge < -0.3 is 14.6 Å². The van der Waals surface area contributed by atoms with Crippen LogP contribution in [0.3, 0.4) is 0 Å². The van der Waals surface area contributed by atoms with Crippen molar-refractivity contribution in [3.05, 3.63) is 70.6 Å². The number of oxazole rings is 1. The predicted molar refractivity (Wildman–Crippen MR) is 108 cm³/mol. The first-order valence-corrected chi connectivity index (χ1v) is 9.05. The van der Waals surface area contributed by atoms with E-state index < -0.39 is 0 Å².